The van der Waals surface area contributed by atoms with Gasteiger partial charge in [0.15, 0.2) is 0 Å². The molecule has 1 saturated heterocycles. The second-order valence-electron chi connectivity index (χ2n) is 7.34. The highest BCUT2D eigenvalue weighted by Crippen LogP contribution is 2.18. The summed E-state index contributed by atoms with van der Waals surface area (Å²) < 4.78 is 5.74. The first-order chi connectivity index (χ1) is 14.0. The molecule has 29 heavy (non-hydrogen) atoms. The molecule has 154 valence electrons. The maximum atomic E-state index is 12.4. The predicted molar refractivity (Wildman–Crippen MR) is 116 cm³/mol. The van der Waals surface area contributed by atoms with Gasteiger partial charge in [0.05, 0.1) is 12.6 Å². The van der Waals surface area contributed by atoms with Crippen LogP contribution in [0.1, 0.15) is 43.5 Å². The molecule has 1 fully saturated rings. The summed E-state index contributed by atoms with van der Waals surface area (Å²) in [6, 6.07) is 14.6. The number of hydrogen-bond donors (Lipinski definition) is 2. The number of amides is 2. The third-order valence-corrected chi connectivity index (χ3v) is 5.03. The van der Waals surface area contributed by atoms with Gasteiger partial charge in [-0.3, -0.25) is 9.59 Å². The van der Waals surface area contributed by atoms with Gasteiger partial charge in [-0.2, -0.15) is 0 Å². The maximum Gasteiger partial charge on any atom is 0.253 e. The minimum atomic E-state index is -0.141. The summed E-state index contributed by atoms with van der Waals surface area (Å²) >= 11 is 0. The Morgan fingerprint density at radius 3 is 2.24 bits per heavy atom. The molecule has 0 aliphatic carbocycles. The Balaban J connectivity index is 1.46. The first kappa shape index (κ1) is 20.7. The Morgan fingerprint density at radius 2 is 1.62 bits per heavy atom. The SMILES string of the molecule is CCC(C)Oc1ccc(NC(=O)CNc2ccc(C(=O)N3CCCC3)cc2)cc1. The smallest absolute Gasteiger partial charge is 0.253 e. The Bertz CT molecular complexity index is 812. The molecular weight excluding hydrogens is 366 g/mol. The van der Waals surface area contributed by atoms with Crippen molar-refractivity contribution in [1.29, 1.82) is 0 Å². The van der Waals surface area contributed by atoms with Gasteiger partial charge in [-0.05, 0) is 74.7 Å². The fourth-order valence-electron chi connectivity index (χ4n) is 3.15. The molecule has 0 saturated carbocycles. The second-order valence-corrected chi connectivity index (χ2v) is 7.34. The number of anilines is 2. The van der Waals surface area contributed by atoms with E-state index >= 15 is 0 Å². The number of carbonyl (C=O) groups excluding carboxylic acids is 2. The average Bonchev–Trinajstić information content (AvgIpc) is 3.28. The minimum absolute atomic E-state index is 0.0764. The molecule has 6 heteroatoms. The Hall–Kier alpha value is -3.02. The van der Waals surface area contributed by atoms with Gasteiger partial charge in [-0.25, -0.2) is 0 Å². The number of carbonyl (C=O) groups is 2. The van der Waals surface area contributed by atoms with E-state index in [4.69, 9.17) is 4.74 Å². The van der Waals surface area contributed by atoms with Crippen molar-refractivity contribution >= 4 is 23.2 Å². The molecule has 0 spiro atoms. The molecule has 1 atom stereocenters. The van der Waals surface area contributed by atoms with Crippen LogP contribution in [0.5, 0.6) is 5.75 Å². The molecule has 1 aliphatic rings. The highest BCUT2D eigenvalue weighted by Gasteiger charge is 2.19. The average molecular weight is 396 g/mol. The van der Waals surface area contributed by atoms with E-state index in [1.54, 1.807) is 12.1 Å². The molecule has 3 rings (SSSR count). The molecule has 2 aromatic carbocycles. The quantitative estimate of drug-likeness (QED) is 0.704. The van der Waals surface area contributed by atoms with Crippen LogP contribution in [-0.4, -0.2) is 42.5 Å². The molecule has 1 heterocycles. The lowest BCUT2D eigenvalue weighted by Crippen LogP contribution is -2.27. The summed E-state index contributed by atoms with van der Waals surface area (Å²) in [6.45, 7) is 5.92. The van der Waals surface area contributed by atoms with Gasteiger partial charge in [0, 0.05) is 30.0 Å². The van der Waals surface area contributed by atoms with E-state index in [0.29, 0.717) is 5.56 Å². The molecule has 6 nitrogen and oxygen atoms in total. The van der Waals surface area contributed by atoms with Crippen LogP contribution < -0.4 is 15.4 Å². The molecule has 1 aliphatic heterocycles. The van der Waals surface area contributed by atoms with E-state index in [1.165, 1.54) is 0 Å². The van der Waals surface area contributed by atoms with Crippen molar-refractivity contribution in [3.63, 3.8) is 0 Å². The van der Waals surface area contributed by atoms with E-state index in [9.17, 15) is 9.59 Å². The van der Waals surface area contributed by atoms with Gasteiger partial charge in [0.25, 0.3) is 5.91 Å². The normalized spacial score (nSPS) is 14.3. The monoisotopic (exact) mass is 395 g/mol. The molecule has 2 aromatic rings. The fourth-order valence-corrected chi connectivity index (χ4v) is 3.15. The van der Waals surface area contributed by atoms with Crippen LogP contribution in [0.4, 0.5) is 11.4 Å². The maximum absolute atomic E-state index is 12.4. The second kappa shape index (κ2) is 9.96. The summed E-state index contributed by atoms with van der Waals surface area (Å²) in [7, 11) is 0. The lowest BCUT2D eigenvalue weighted by molar-refractivity contribution is -0.114. The lowest BCUT2D eigenvalue weighted by Gasteiger charge is -2.15. The largest absolute Gasteiger partial charge is 0.491 e. The van der Waals surface area contributed by atoms with Gasteiger partial charge in [-0.1, -0.05) is 6.92 Å². The highest BCUT2D eigenvalue weighted by atomic mass is 16.5. The number of hydrogen-bond acceptors (Lipinski definition) is 4. The summed E-state index contributed by atoms with van der Waals surface area (Å²) in [4.78, 5) is 26.4. The Morgan fingerprint density at radius 1 is 1.00 bits per heavy atom. The van der Waals surface area contributed by atoms with Crippen LogP contribution in [0.15, 0.2) is 48.5 Å². The molecule has 2 N–H and O–H groups in total. The summed E-state index contributed by atoms with van der Waals surface area (Å²) in [6.07, 6.45) is 3.26. The Kier molecular flexibility index (Phi) is 7.11. The molecule has 1 unspecified atom stereocenters. The number of benzene rings is 2. The molecule has 2 amide bonds. The van der Waals surface area contributed by atoms with Crippen molar-refractivity contribution in [2.45, 2.75) is 39.2 Å². The van der Waals surface area contributed by atoms with E-state index in [0.717, 1.165) is 49.5 Å². The van der Waals surface area contributed by atoms with Gasteiger partial charge >= 0.3 is 0 Å². The topological polar surface area (TPSA) is 70.7 Å². The molecule has 0 bridgehead atoms. The van der Waals surface area contributed by atoms with Crippen molar-refractivity contribution in [3.8, 4) is 5.75 Å². The summed E-state index contributed by atoms with van der Waals surface area (Å²) in [5, 5.41) is 5.94. The number of nitrogens with zero attached hydrogens (tertiary/aromatic N) is 1. The zero-order valence-electron chi connectivity index (χ0n) is 17.1. The standard InChI is InChI=1S/C23H29N3O3/c1-3-17(2)29-21-12-10-20(11-13-21)25-22(27)16-24-19-8-6-18(7-9-19)23(28)26-14-4-5-15-26/h6-13,17,24H,3-5,14-16H2,1-2H3,(H,25,27). The zero-order valence-corrected chi connectivity index (χ0v) is 17.1. The van der Waals surface area contributed by atoms with E-state index in [2.05, 4.69) is 17.6 Å². The van der Waals surface area contributed by atoms with Crippen molar-refractivity contribution in [2.24, 2.45) is 0 Å². The van der Waals surface area contributed by atoms with E-state index in [1.807, 2.05) is 48.2 Å². The first-order valence-electron chi connectivity index (χ1n) is 10.2. The van der Waals surface area contributed by atoms with E-state index < -0.39 is 0 Å². The number of likely N-dealkylation sites (tertiary alicyclic amines) is 1. The van der Waals surface area contributed by atoms with Crippen LogP contribution in [0.25, 0.3) is 0 Å². The van der Waals surface area contributed by atoms with Crippen LogP contribution in [-0.2, 0) is 4.79 Å². The summed E-state index contributed by atoms with van der Waals surface area (Å²) in [5.41, 5.74) is 2.21. The Labute approximate surface area is 172 Å². The minimum Gasteiger partial charge on any atom is -0.491 e. The van der Waals surface area contributed by atoms with Gasteiger partial charge in [-0.15, -0.1) is 0 Å². The van der Waals surface area contributed by atoms with Gasteiger partial charge < -0.3 is 20.3 Å². The number of ether oxygens (including phenoxy) is 1. The number of nitrogens with one attached hydrogen (secondary N) is 2. The van der Waals surface area contributed by atoms with Crippen molar-refractivity contribution in [3.05, 3.63) is 54.1 Å². The first-order valence-corrected chi connectivity index (χ1v) is 10.2. The third kappa shape index (κ3) is 5.98. The fraction of sp³-hybridized carbons (Fsp3) is 0.391. The zero-order chi connectivity index (χ0) is 20.6. The molecular formula is C23H29N3O3. The predicted octanol–water partition coefficient (Wildman–Crippen LogP) is 4.15. The highest BCUT2D eigenvalue weighted by molar-refractivity contribution is 5.95. The van der Waals surface area contributed by atoms with Gasteiger partial charge in [0.1, 0.15) is 5.75 Å². The summed E-state index contributed by atoms with van der Waals surface area (Å²) in [5.74, 6) is 0.726. The van der Waals surface area contributed by atoms with Crippen LogP contribution in [0, 0.1) is 0 Å². The lowest BCUT2D eigenvalue weighted by atomic mass is 10.2. The van der Waals surface area contributed by atoms with Crippen molar-refractivity contribution < 1.29 is 14.3 Å². The van der Waals surface area contributed by atoms with E-state index in [-0.39, 0.29) is 24.5 Å². The molecule has 0 radical (unpaired) electrons. The van der Waals surface area contributed by atoms with Crippen molar-refractivity contribution in [1.82, 2.24) is 4.90 Å². The molecule has 0 aromatic heterocycles. The van der Waals surface area contributed by atoms with Crippen LogP contribution in [0.3, 0.4) is 0 Å². The van der Waals surface area contributed by atoms with Crippen LogP contribution >= 0.6 is 0 Å². The number of rotatable bonds is 8. The van der Waals surface area contributed by atoms with Gasteiger partial charge in [0.2, 0.25) is 5.91 Å². The van der Waals surface area contributed by atoms with Crippen molar-refractivity contribution in [2.75, 3.05) is 30.3 Å². The van der Waals surface area contributed by atoms with Crippen LogP contribution in [0.2, 0.25) is 0 Å². The third-order valence-electron chi connectivity index (χ3n) is 5.03.